The van der Waals surface area contributed by atoms with E-state index in [2.05, 4.69) is 10.3 Å². The van der Waals surface area contributed by atoms with Gasteiger partial charge in [0.25, 0.3) is 0 Å². The van der Waals surface area contributed by atoms with E-state index in [-0.39, 0.29) is 16.9 Å². The van der Waals surface area contributed by atoms with Crippen molar-refractivity contribution in [1.29, 1.82) is 0 Å². The van der Waals surface area contributed by atoms with Gasteiger partial charge in [-0.2, -0.15) is 0 Å². The minimum atomic E-state index is -0.346. The molecule has 3 nitrogen and oxygen atoms in total. The minimum Gasteiger partial charge on any atom is -0.398 e. The van der Waals surface area contributed by atoms with Gasteiger partial charge in [-0.15, -0.1) is 0 Å². The van der Waals surface area contributed by atoms with E-state index in [1.807, 2.05) is 6.92 Å². The van der Waals surface area contributed by atoms with Crippen LogP contribution in [0.2, 0.25) is 5.02 Å². The highest BCUT2D eigenvalue weighted by Crippen LogP contribution is 2.20. The molecule has 1 aromatic carbocycles. The molecule has 112 valence electrons. The van der Waals surface area contributed by atoms with E-state index in [1.165, 1.54) is 0 Å². The summed E-state index contributed by atoms with van der Waals surface area (Å²) in [7, 11) is 0. The third-order valence-corrected chi connectivity index (χ3v) is 3.69. The van der Waals surface area contributed by atoms with Crippen LogP contribution in [-0.2, 0) is 12.8 Å². The Hall–Kier alpha value is -1.65. The van der Waals surface area contributed by atoms with E-state index in [9.17, 15) is 4.39 Å². The van der Waals surface area contributed by atoms with Gasteiger partial charge in [-0.05, 0) is 42.6 Å². The number of likely N-dealkylation sites (N-methyl/N-ethyl adjacent to an activating group) is 1. The van der Waals surface area contributed by atoms with Crippen molar-refractivity contribution in [3.05, 3.63) is 58.6 Å². The lowest BCUT2D eigenvalue weighted by molar-refractivity contribution is 0.506. The lowest BCUT2D eigenvalue weighted by atomic mass is 9.98. The van der Waals surface area contributed by atoms with E-state index < -0.39 is 0 Å². The molecule has 0 fully saturated rings. The minimum absolute atomic E-state index is 0.0782. The summed E-state index contributed by atoms with van der Waals surface area (Å²) in [6, 6.07) is 6.94. The van der Waals surface area contributed by atoms with Crippen molar-refractivity contribution < 1.29 is 4.39 Å². The van der Waals surface area contributed by atoms with Gasteiger partial charge >= 0.3 is 0 Å². The summed E-state index contributed by atoms with van der Waals surface area (Å²) in [6.07, 6.45) is 4.67. The third kappa shape index (κ3) is 4.16. The SMILES string of the molecule is CCNC(Cc1cnccc1N)Cc1cccc(Cl)c1F. The topological polar surface area (TPSA) is 50.9 Å². The molecule has 0 aliphatic carbocycles. The Morgan fingerprint density at radius 1 is 1.29 bits per heavy atom. The van der Waals surface area contributed by atoms with Gasteiger partial charge in [0.1, 0.15) is 5.82 Å². The molecule has 3 N–H and O–H groups in total. The zero-order valence-electron chi connectivity index (χ0n) is 11.9. The summed E-state index contributed by atoms with van der Waals surface area (Å²) in [5.41, 5.74) is 8.23. The van der Waals surface area contributed by atoms with Crippen LogP contribution in [0, 0.1) is 5.82 Å². The van der Waals surface area contributed by atoms with Crippen LogP contribution in [0.3, 0.4) is 0 Å². The largest absolute Gasteiger partial charge is 0.398 e. The first kappa shape index (κ1) is 15.7. The summed E-state index contributed by atoms with van der Waals surface area (Å²) in [5.74, 6) is -0.346. The highest BCUT2D eigenvalue weighted by Gasteiger charge is 2.15. The number of aromatic nitrogens is 1. The Morgan fingerprint density at radius 3 is 2.76 bits per heavy atom. The monoisotopic (exact) mass is 307 g/mol. The number of pyridine rings is 1. The predicted molar refractivity (Wildman–Crippen MR) is 84.9 cm³/mol. The van der Waals surface area contributed by atoms with E-state index in [4.69, 9.17) is 17.3 Å². The van der Waals surface area contributed by atoms with Gasteiger partial charge in [-0.3, -0.25) is 4.98 Å². The number of nitrogens with two attached hydrogens (primary N) is 1. The summed E-state index contributed by atoms with van der Waals surface area (Å²) in [4.78, 5) is 4.09. The smallest absolute Gasteiger partial charge is 0.145 e. The molecule has 0 aliphatic heterocycles. The number of rotatable bonds is 6. The number of nitrogen functional groups attached to an aromatic ring is 1. The molecule has 1 atom stereocenters. The molecule has 1 heterocycles. The first-order chi connectivity index (χ1) is 10.1. The van der Waals surface area contributed by atoms with E-state index in [0.717, 1.165) is 12.1 Å². The van der Waals surface area contributed by atoms with Crippen LogP contribution in [0.15, 0.2) is 36.7 Å². The molecule has 0 saturated carbocycles. The molecule has 5 heteroatoms. The lowest BCUT2D eigenvalue weighted by Crippen LogP contribution is -2.33. The molecule has 0 spiro atoms. The molecule has 0 amide bonds. The molecule has 1 unspecified atom stereocenters. The Balaban J connectivity index is 2.16. The first-order valence-corrected chi connectivity index (χ1v) is 7.34. The van der Waals surface area contributed by atoms with Gasteiger partial charge in [0.2, 0.25) is 0 Å². The van der Waals surface area contributed by atoms with E-state index >= 15 is 0 Å². The fraction of sp³-hybridized carbons (Fsp3) is 0.312. The van der Waals surface area contributed by atoms with Crippen molar-refractivity contribution in [2.24, 2.45) is 0 Å². The molecule has 2 rings (SSSR count). The molecular weight excluding hydrogens is 289 g/mol. The number of nitrogens with one attached hydrogen (secondary N) is 1. The van der Waals surface area contributed by atoms with Gasteiger partial charge in [0.15, 0.2) is 0 Å². The fourth-order valence-electron chi connectivity index (χ4n) is 2.35. The second kappa shape index (κ2) is 7.38. The third-order valence-electron chi connectivity index (χ3n) is 3.40. The van der Waals surface area contributed by atoms with E-state index in [1.54, 1.807) is 36.7 Å². The van der Waals surface area contributed by atoms with Crippen LogP contribution >= 0.6 is 11.6 Å². The van der Waals surface area contributed by atoms with Gasteiger partial charge < -0.3 is 11.1 Å². The van der Waals surface area contributed by atoms with E-state index in [0.29, 0.717) is 24.1 Å². The van der Waals surface area contributed by atoms with Crippen molar-refractivity contribution in [2.45, 2.75) is 25.8 Å². The Kier molecular flexibility index (Phi) is 5.53. The molecule has 2 aromatic rings. The number of hydrogen-bond donors (Lipinski definition) is 2. The van der Waals surface area contributed by atoms with Crippen molar-refractivity contribution >= 4 is 17.3 Å². The number of nitrogens with zero attached hydrogens (tertiary/aromatic N) is 1. The summed E-state index contributed by atoms with van der Waals surface area (Å²) < 4.78 is 14.0. The number of hydrogen-bond acceptors (Lipinski definition) is 3. The van der Waals surface area contributed by atoms with Crippen LogP contribution in [0.1, 0.15) is 18.1 Å². The number of benzene rings is 1. The summed E-state index contributed by atoms with van der Waals surface area (Å²) in [5, 5.41) is 3.52. The predicted octanol–water partition coefficient (Wildman–Crippen LogP) is 3.22. The second-order valence-corrected chi connectivity index (χ2v) is 5.36. The maximum atomic E-state index is 14.0. The highest BCUT2D eigenvalue weighted by molar-refractivity contribution is 6.30. The quantitative estimate of drug-likeness (QED) is 0.861. The second-order valence-electron chi connectivity index (χ2n) is 4.95. The Labute approximate surface area is 129 Å². The van der Waals surface area contributed by atoms with Crippen molar-refractivity contribution in [1.82, 2.24) is 10.3 Å². The molecule has 1 aromatic heterocycles. The average molecular weight is 308 g/mol. The zero-order valence-corrected chi connectivity index (χ0v) is 12.7. The fourth-order valence-corrected chi connectivity index (χ4v) is 2.54. The molecule has 0 saturated heterocycles. The summed E-state index contributed by atoms with van der Waals surface area (Å²) in [6.45, 7) is 2.82. The molecule has 0 radical (unpaired) electrons. The average Bonchev–Trinajstić information content (AvgIpc) is 2.46. The Morgan fingerprint density at radius 2 is 2.05 bits per heavy atom. The van der Waals surface area contributed by atoms with Gasteiger partial charge in [0.05, 0.1) is 5.02 Å². The lowest BCUT2D eigenvalue weighted by Gasteiger charge is -2.19. The molecule has 0 bridgehead atoms. The van der Waals surface area contributed by atoms with Crippen LogP contribution in [0.25, 0.3) is 0 Å². The van der Waals surface area contributed by atoms with Gasteiger partial charge in [-0.25, -0.2) is 4.39 Å². The maximum Gasteiger partial charge on any atom is 0.145 e. The van der Waals surface area contributed by atoms with Crippen LogP contribution in [0.4, 0.5) is 10.1 Å². The van der Waals surface area contributed by atoms with Gasteiger partial charge in [-0.1, -0.05) is 30.7 Å². The normalized spacial score (nSPS) is 12.3. The van der Waals surface area contributed by atoms with Crippen molar-refractivity contribution in [2.75, 3.05) is 12.3 Å². The van der Waals surface area contributed by atoms with Crippen molar-refractivity contribution in [3.8, 4) is 0 Å². The maximum absolute atomic E-state index is 14.0. The first-order valence-electron chi connectivity index (χ1n) is 6.96. The number of halogens is 2. The molecule has 0 aliphatic rings. The van der Waals surface area contributed by atoms with Gasteiger partial charge in [0, 0.05) is 24.1 Å². The molecule has 21 heavy (non-hydrogen) atoms. The number of anilines is 1. The summed E-state index contributed by atoms with van der Waals surface area (Å²) >= 11 is 5.83. The van der Waals surface area contributed by atoms with Crippen LogP contribution < -0.4 is 11.1 Å². The standard InChI is InChI=1S/C16H19ClFN3/c1-2-21-13(9-12-10-20-7-6-15(12)19)8-11-4-3-5-14(17)16(11)18/h3-7,10,13,21H,2,8-9H2,1H3,(H2,19,20). The van der Waals surface area contributed by atoms with Crippen LogP contribution in [-0.4, -0.2) is 17.6 Å². The highest BCUT2D eigenvalue weighted by atomic mass is 35.5. The zero-order chi connectivity index (χ0) is 15.2. The molecular formula is C16H19ClFN3. The van der Waals surface area contributed by atoms with Crippen molar-refractivity contribution in [3.63, 3.8) is 0 Å². The Bertz CT molecular complexity index is 604. The van der Waals surface area contributed by atoms with Crippen LogP contribution in [0.5, 0.6) is 0 Å².